The van der Waals surface area contributed by atoms with Crippen LogP contribution in [0.15, 0.2) is 18.2 Å². The normalized spacial score (nSPS) is 11.0. The van der Waals surface area contributed by atoms with E-state index in [-0.39, 0.29) is 10.9 Å². The van der Waals surface area contributed by atoms with Crippen molar-refractivity contribution >= 4 is 37.4 Å². The summed E-state index contributed by atoms with van der Waals surface area (Å²) in [6, 6.07) is 4.13. The van der Waals surface area contributed by atoms with Gasteiger partial charge in [-0.15, -0.1) is 11.3 Å². The third-order valence-electron chi connectivity index (χ3n) is 1.77. The highest BCUT2D eigenvalue weighted by Crippen LogP contribution is 2.29. The molecular formula is C9H5BrF2S. The summed E-state index contributed by atoms with van der Waals surface area (Å²) in [5.74, 6) is -0.320. The highest BCUT2D eigenvalue weighted by atomic mass is 79.9. The molecule has 0 nitrogen and oxygen atoms in total. The van der Waals surface area contributed by atoms with Gasteiger partial charge in [-0.3, -0.25) is 0 Å². The van der Waals surface area contributed by atoms with E-state index in [2.05, 4.69) is 15.9 Å². The summed E-state index contributed by atoms with van der Waals surface area (Å²) in [7, 11) is 0. The molecule has 0 aliphatic heterocycles. The van der Waals surface area contributed by atoms with E-state index in [1.54, 1.807) is 0 Å². The number of hydrogen-bond acceptors (Lipinski definition) is 1. The molecule has 0 radical (unpaired) electrons. The summed E-state index contributed by atoms with van der Waals surface area (Å²) in [5.41, 5.74) is 0.795. The van der Waals surface area contributed by atoms with Crippen molar-refractivity contribution in [2.75, 3.05) is 0 Å². The molecule has 0 bridgehead atoms. The fourth-order valence-electron chi connectivity index (χ4n) is 1.25. The van der Waals surface area contributed by atoms with E-state index in [1.165, 1.54) is 18.2 Å². The lowest BCUT2D eigenvalue weighted by Gasteiger charge is -1.97. The van der Waals surface area contributed by atoms with Gasteiger partial charge < -0.3 is 0 Å². The first kappa shape index (κ1) is 9.09. The minimum atomic E-state index is -0.320. The molecule has 13 heavy (non-hydrogen) atoms. The van der Waals surface area contributed by atoms with E-state index in [9.17, 15) is 8.78 Å². The number of thiophene rings is 1. The highest BCUT2D eigenvalue weighted by molar-refractivity contribution is 9.08. The van der Waals surface area contributed by atoms with Crippen LogP contribution in [-0.2, 0) is 5.33 Å². The second-order valence-corrected chi connectivity index (χ2v) is 4.23. The average Bonchev–Trinajstić information content (AvgIpc) is 2.43. The summed E-state index contributed by atoms with van der Waals surface area (Å²) in [4.78, 5) is 0. The largest absolute Gasteiger partial charge is 0.207 e. The number of fused-ring (bicyclic) bond motifs is 1. The van der Waals surface area contributed by atoms with Crippen LogP contribution in [0.4, 0.5) is 8.78 Å². The number of benzene rings is 1. The van der Waals surface area contributed by atoms with Crippen molar-refractivity contribution in [3.8, 4) is 0 Å². The fourth-order valence-corrected chi connectivity index (χ4v) is 2.76. The van der Waals surface area contributed by atoms with Crippen molar-refractivity contribution < 1.29 is 8.78 Å². The van der Waals surface area contributed by atoms with Crippen LogP contribution in [0.1, 0.15) is 5.56 Å². The number of rotatable bonds is 1. The van der Waals surface area contributed by atoms with Crippen molar-refractivity contribution in [1.29, 1.82) is 0 Å². The van der Waals surface area contributed by atoms with Gasteiger partial charge in [0.2, 0.25) is 0 Å². The third kappa shape index (κ3) is 1.60. The molecule has 0 aliphatic rings. The molecule has 1 aromatic carbocycles. The first-order valence-corrected chi connectivity index (χ1v) is 5.58. The first-order valence-electron chi connectivity index (χ1n) is 3.64. The molecule has 0 N–H and O–H groups in total. The maximum atomic E-state index is 13.0. The molecule has 4 heteroatoms. The van der Waals surface area contributed by atoms with Gasteiger partial charge in [0.15, 0.2) is 5.13 Å². The Bertz CT molecular complexity index is 450. The van der Waals surface area contributed by atoms with E-state index >= 15 is 0 Å². The zero-order chi connectivity index (χ0) is 9.42. The van der Waals surface area contributed by atoms with Gasteiger partial charge in [0, 0.05) is 10.0 Å². The van der Waals surface area contributed by atoms with E-state index in [0.29, 0.717) is 10.7 Å². The third-order valence-corrected chi connectivity index (χ3v) is 3.39. The van der Waals surface area contributed by atoms with Crippen LogP contribution in [0.5, 0.6) is 0 Å². The van der Waals surface area contributed by atoms with Gasteiger partial charge in [-0.1, -0.05) is 15.9 Å². The second kappa shape index (κ2) is 3.35. The van der Waals surface area contributed by atoms with Crippen molar-refractivity contribution in [2.24, 2.45) is 0 Å². The molecule has 0 saturated heterocycles. The Balaban J connectivity index is 2.80. The standard InChI is InChI=1S/C9H5BrF2S/c10-4-6-2-7(11)1-5-3-8(12)13-9(5)6/h1-3H,4H2. The molecule has 0 unspecified atom stereocenters. The van der Waals surface area contributed by atoms with Crippen LogP contribution >= 0.6 is 27.3 Å². The van der Waals surface area contributed by atoms with Crippen LogP contribution < -0.4 is 0 Å². The van der Waals surface area contributed by atoms with E-state index < -0.39 is 0 Å². The summed E-state index contributed by atoms with van der Waals surface area (Å²) in [6.07, 6.45) is 0. The Morgan fingerprint density at radius 1 is 1.23 bits per heavy atom. The van der Waals surface area contributed by atoms with Crippen LogP contribution in [0, 0.1) is 10.9 Å². The Labute approximate surface area is 86.3 Å². The molecule has 0 aliphatic carbocycles. The Morgan fingerprint density at radius 3 is 2.69 bits per heavy atom. The van der Waals surface area contributed by atoms with E-state index in [1.807, 2.05) is 0 Å². The van der Waals surface area contributed by atoms with E-state index in [0.717, 1.165) is 21.6 Å². The number of alkyl halides is 1. The van der Waals surface area contributed by atoms with Crippen molar-refractivity contribution in [2.45, 2.75) is 5.33 Å². The Kier molecular flexibility index (Phi) is 2.34. The molecule has 1 aromatic heterocycles. The Morgan fingerprint density at radius 2 is 2.00 bits per heavy atom. The molecule has 0 saturated carbocycles. The van der Waals surface area contributed by atoms with Crippen molar-refractivity contribution in [3.05, 3.63) is 34.7 Å². The predicted molar refractivity (Wildman–Crippen MR) is 54.4 cm³/mol. The summed E-state index contributed by atoms with van der Waals surface area (Å²) >= 11 is 4.29. The zero-order valence-electron chi connectivity index (χ0n) is 6.48. The van der Waals surface area contributed by atoms with Gasteiger partial charge in [-0.05, 0) is 29.1 Å². The molecule has 1 heterocycles. The van der Waals surface area contributed by atoms with Gasteiger partial charge in [-0.25, -0.2) is 4.39 Å². The predicted octanol–water partition coefficient (Wildman–Crippen LogP) is 4.07. The molecular weight excluding hydrogens is 258 g/mol. The second-order valence-electron chi connectivity index (χ2n) is 2.67. The van der Waals surface area contributed by atoms with Crippen LogP contribution in [0.25, 0.3) is 10.1 Å². The smallest absolute Gasteiger partial charge is 0.177 e. The lowest BCUT2D eigenvalue weighted by atomic mass is 10.2. The number of halogens is 3. The molecule has 2 aromatic rings. The minimum Gasteiger partial charge on any atom is -0.207 e. The molecule has 0 atom stereocenters. The van der Waals surface area contributed by atoms with Gasteiger partial charge >= 0.3 is 0 Å². The maximum absolute atomic E-state index is 13.0. The molecule has 68 valence electrons. The summed E-state index contributed by atoms with van der Waals surface area (Å²) < 4.78 is 26.6. The van der Waals surface area contributed by atoms with Crippen molar-refractivity contribution in [3.63, 3.8) is 0 Å². The maximum Gasteiger partial charge on any atom is 0.177 e. The van der Waals surface area contributed by atoms with Crippen molar-refractivity contribution in [1.82, 2.24) is 0 Å². The van der Waals surface area contributed by atoms with Gasteiger partial charge in [0.05, 0.1) is 0 Å². The lowest BCUT2D eigenvalue weighted by Crippen LogP contribution is -1.80. The highest BCUT2D eigenvalue weighted by Gasteiger charge is 2.07. The average molecular weight is 263 g/mol. The van der Waals surface area contributed by atoms with Gasteiger partial charge in [-0.2, -0.15) is 4.39 Å². The van der Waals surface area contributed by atoms with E-state index in [4.69, 9.17) is 0 Å². The zero-order valence-corrected chi connectivity index (χ0v) is 8.88. The van der Waals surface area contributed by atoms with Crippen LogP contribution in [0.2, 0.25) is 0 Å². The molecule has 0 spiro atoms. The summed E-state index contributed by atoms with van der Waals surface area (Å²) in [6.45, 7) is 0. The Hall–Kier alpha value is -0.480. The molecule has 0 amide bonds. The number of hydrogen-bond donors (Lipinski definition) is 0. The molecule has 0 fully saturated rings. The topological polar surface area (TPSA) is 0 Å². The fraction of sp³-hybridized carbons (Fsp3) is 0.111. The van der Waals surface area contributed by atoms with Gasteiger partial charge in [0.25, 0.3) is 0 Å². The van der Waals surface area contributed by atoms with Crippen LogP contribution in [0.3, 0.4) is 0 Å². The SMILES string of the molecule is Fc1cc(CBr)c2sc(F)cc2c1. The quantitative estimate of drug-likeness (QED) is 0.680. The van der Waals surface area contributed by atoms with Crippen LogP contribution in [-0.4, -0.2) is 0 Å². The lowest BCUT2D eigenvalue weighted by molar-refractivity contribution is 0.628. The summed E-state index contributed by atoms with van der Waals surface area (Å²) in [5, 5.41) is 0.904. The molecule has 2 rings (SSSR count). The monoisotopic (exact) mass is 262 g/mol. The minimum absolute atomic E-state index is 0.275. The first-order chi connectivity index (χ1) is 6.20. The van der Waals surface area contributed by atoms with Gasteiger partial charge in [0.1, 0.15) is 5.82 Å².